The van der Waals surface area contributed by atoms with Gasteiger partial charge in [-0.3, -0.25) is 9.36 Å². The van der Waals surface area contributed by atoms with E-state index in [1.54, 1.807) is 7.11 Å². The number of hydrogen-bond acceptors (Lipinski definition) is 6. The normalized spacial score (nSPS) is 18.9. The number of benzene rings is 1. The van der Waals surface area contributed by atoms with E-state index < -0.39 is 0 Å². The molecule has 0 amide bonds. The van der Waals surface area contributed by atoms with Crippen LogP contribution in [0, 0.1) is 0 Å². The molecule has 1 aliphatic heterocycles. The van der Waals surface area contributed by atoms with Gasteiger partial charge in [-0.2, -0.15) is 0 Å². The third kappa shape index (κ3) is 2.93. The number of thiazole rings is 1. The fraction of sp³-hybridized carbons (Fsp3) is 0.476. The van der Waals surface area contributed by atoms with Crippen LogP contribution in [-0.4, -0.2) is 34.8 Å². The number of methoxy groups -OCH3 is 1. The van der Waals surface area contributed by atoms with Crippen molar-refractivity contribution < 1.29 is 4.74 Å². The SMILES string of the molecule is COCCn1c(C2CCCN2c2nc3c(s2)CCC3)nc2ccccc2c1=O. The Labute approximate surface area is 167 Å². The van der Waals surface area contributed by atoms with Gasteiger partial charge in [0.05, 0.1) is 35.8 Å². The molecular formula is C21H24N4O2S. The molecule has 1 atom stereocenters. The summed E-state index contributed by atoms with van der Waals surface area (Å²) in [6.07, 6.45) is 5.54. The van der Waals surface area contributed by atoms with Gasteiger partial charge in [0.2, 0.25) is 0 Å². The first kappa shape index (κ1) is 17.8. The molecule has 146 valence electrons. The van der Waals surface area contributed by atoms with E-state index in [4.69, 9.17) is 14.7 Å². The largest absolute Gasteiger partial charge is 0.383 e. The molecule has 0 saturated carbocycles. The van der Waals surface area contributed by atoms with Crippen LogP contribution in [0.2, 0.25) is 0 Å². The number of para-hydroxylation sites is 1. The molecule has 0 N–H and O–H groups in total. The molecule has 2 aliphatic rings. The van der Waals surface area contributed by atoms with Gasteiger partial charge >= 0.3 is 0 Å². The topological polar surface area (TPSA) is 60.2 Å². The summed E-state index contributed by atoms with van der Waals surface area (Å²) in [6.45, 7) is 1.97. The number of nitrogens with zero attached hydrogens (tertiary/aromatic N) is 4. The zero-order chi connectivity index (χ0) is 19.1. The van der Waals surface area contributed by atoms with E-state index in [0.29, 0.717) is 18.5 Å². The van der Waals surface area contributed by atoms with Crippen molar-refractivity contribution in [3.05, 3.63) is 51.0 Å². The Hall–Kier alpha value is -2.25. The van der Waals surface area contributed by atoms with Crippen molar-refractivity contribution in [1.29, 1.82) is 0 Å². The van der Waals surface area contributed by atoms with Gasteiger partial charge in [-0.25, -0.2) is 9.97 Å². The van der Waals surface area contributed by atoms with Gasteiger partial charge < -0.3 is 9.64 Å². The molecule has 1 unspecified atom stereocenters. The number of aromatic nitrogens is 3. The molecule has 3 aromatic rings. The molecule has 1 fully saturated rings. The predicted molar refractivity (Wildman–Crippen MR) is 111 cm³/mol. The fourth-order valence-corrected chi connectivity index (χ4v) is 5.63. The van der Waals surface area contributed by atoms with Gasteiger partial charge in [-0.15, -0.1) is 11.3 Å². The highest BCUT2D eigenvalue weighted by atomic mass is 32.1. The van der Waals surface area contributed by atoms with Gasteiger partial charge in [-0.05, 0) is 44.2 Å². The molecule has 0 bridgehead atoms. The second kappa shape index (κ2) is 7.29. The lowest BCUT2D eigenvalue weighted by atomic mass is 10.1. The number of hydrogen-bond donors (Lipinski definition) is 0. The van der Waals surface area contributed by atoms with E-state index in [0.717, 1.165) is 48.7 Å². The summed E-state index contributed by atoms with van der Waals surface area (Å²) in [5.41, 5.74) is 2.06. The standard InChI is InChI=1S/C21H24N4O2S/c1-27-13-12-25-19(22-15-7-3-2-6-14(15)20(25)26)17-9-5-11-24(17)21-23-16-8-4-10-18(16)28-21/h2-3,6-7,17H,4-5,8-13H2,1H3. The zero-order valence-electron chi connectivity index (χ0n) is 16.1. The minimum absolute atomic E-state index is 0.0196. The molecule has 6 nitrogen and oxygen atoms in total. The Morgan fingerprint density at radius 3 is 2.96 bits per heavy atom. The summed E-state index contributed by atoms with van der Waals surface area (Å²) in [5, 5.41) is 1.76. The molecule has 3 heterocycles. The molecule has 5 rings (SSSR count). The van der Waals surface area contributed by atoms with E-state index in [-0.39, 0.29) is 11.6 Å². The lowest BCUT2D eigenvalue weighted by Crippen LogP contribution is -2.33. The monoisotopic (exact) mass is 396 g/mol. The van der Waals surface area contributed by atoms with E-state index in [9.17, 15) is 4.79 Å². The van der Waals surface area contributed by atoms with Gasteiger partial charge in [-0.1, -0.05) is 12.1 Å². The Morgan fingerprint density at radius 1 is 1.21 bits per heavy atom. The maximum Gasteiger partial charge on any atom is 0.261 e. The lowest BCUT2D eigenvalue weighted by molar-refractivity contribution is 0.184. The molecule has 1 aliphatic carbocycles. The van der Waals surface area contributed by atoms with Crippen LogP contribution in [0.5, 0.6) is 0 Å². The molecule has 0 spiro atoms. The summed E-state index contributed by atoms with van der Waals surface area (Å²) in [4.78, 5) is 26.9. The highest BCUT2D eigenvalue weighted by molar-refractivity contribution is 7.15. The summed E-state index contributed by atoms with van der Waals surface area (Å²) in [5.74, 6) is 0.841. The summed E-state index contributed by atoms with van der Waals surface area (Å²) < 4.78 is 7.09. The first-order chi connectivity index (χ1) is 13.8. The number of fused-ring (bicyclic) bond motifs is 2. The second-order valence-electron chi connectivity index (χ2n) is 7.51. The number of ether oxygens (including phenoxy) is 1. The number of rotatable bonds is 5. The molecule has 1 saturated heterocycles. The van der Waals surface area contributed by atoms with Crippen molar-refractivity contribution in [1.82, 2.24) is 14.5 Å². The summed E-state index contributed by atoms with van der Waals surface area (Å²) in [7, 11) is 1.66. The number of anilines is 1. The van der Waals surface area contributed by atoms with Gasteiger partial charge in [0, 0.05) is 18.5 Å². The first-order valence-corrected chi connectivity index (χ1v) is 10.8. The molecule has 0 radical (unpaired) electrons. The van der Waals surface area contributed by atoms with Crippen molar-refractivity contribution in [3.63, 3.8) is 0 Å². The fourth-order valence-electron chi connectivity index (χ4n) is 4.40. The summed E-state index contributed by atoms with van der Waals surface area (Å²) in [6, 6.07) is 7.70. The van der Waals surface area contributed by atoms with E-state index in [2.05, 4.69) is 4.90 Å². The number of aryl methyl sites for hydroxylation is 2. The molecule has 2 aromatic heterocycles. The Bertz CT molecular complexity index is 1050. The van der Waals surface area contributed by atoms with Crippen LogP contribution in [0.3, 0.4) is 0 Å². The van der Waals surface area contributed by atoms with E-state index in [1.807, 2.05) is 40.2 Å². The second-order valence-corrected chi connectivity index (χ2v) is 8.57. The highest BCUT2D eigenvalue weighted by Gasteiger charge is 2.33. The maximum atomic E-state index is 13.2. The Balaban J connectivity index is 1.60. The van der Waals surface area contributed by atoms with Crippen molar-refractivity contribution >= 4 is 27.4 Å². The molecule has 7 heteroatoms. The van der Waals surface area contributed by atoms with E-state index >= 15 is 0 Å². The van der Waals surface area contributed by atoms with Crippen LogP contribution in [0.4, 0.5) is 5.13 Å². The van der Waals surface area contributed by atoms with Crippen LogP contribution in [0.15, 0.2) is 29.1 Å². The van der Waals surface area contributed by atoms with Crippen molar-refractivity contribution in [2.24, 2.45) is 0 Å². The van der Waals surface area contributed by atoms with Crippen LogP contribution < -0.4 is 10.5 Å². The average Bonchev–Trinajstić information content (AvgIpc) is 3.42. The third-order valence-corrected chi connectivity index (χ3v) is 6.99. The Kier molecular flexibility index (Phi) is 4.64. The zero-order valence-corrected chi connectivity index (χ0v) is 16.9. The van der Waals surface area contributed by atoms with Crippen molar-refractivity contribution in [3.8, 4) is 0 Å². The van der Waals surface area contributed by atoms with Crippen molar-refractivity contribution in [2.45, 2.75) is 44.7 Å². The third-order valence-electron chi connectivity index (χ3n) is 5.79. The van der Waals surface area contributed by atoms with Gasteiger partial charge in [0.25, 0.3) is 5.56 Å². The lowest BCUT2D eigenvalue weighted by Gasteiger charge is -2.26. The predicted octanol–water partition coefficient (Wildman–Crippen LogP) is 3.33. The van der Waals surface area contributed by atoms with Crippen LogP contribution in [0.1, 0.15) is 41.7 Å². The minimum atomic E-state index is 0.0196. The first-order valence-electron chi connectivity index (χ1n) is 10.00. The van der Waals surface area contributed by atoms with Crippen LogP contribution in [0.25, 0.3) is 10.9 Å². The van der Waals surface area contributed by atoms with Crippen LogP contribution in [-0.2, 0) is 24.1 Å². The Morgan fingerprint density at radius 2 is 2.11 bits per heavy atom. The maximum absolute atomic E-state index is 13.2. The minimum Gasteiger partial charge on any atom is -0.383 e. The highest BCUT2D eigenvalue weighted by Crippen LogP contribution is 2.40. The molecule has 28 heavy (non-hydrogen) atoms. The van der Waals surface area contributed by atoms with Crippen molar-refractivity contribution in [2.75, 3.05) is 25.2 Å². The average molecular weight is 397 g/mol. The summed E-state index contributed by atoms with van der Waals surface area (Å²) >= 11 is 1.82. The van der Waals surface area contributed by atoms with E-state index in [1.165, 1.54) is 17.0 Å². The molecular weight excluding hydrogens is 372 g/mol. The van der Waals surface area contributed by atoms with Crippen LogP contribution >= 0.6 is 11.3 Å². The quantitative estimate of drug-likeness (QED) is 0.662. The van der Waals surface area contributed by atoms with Gasteiger partial charge in [0.15, 0.2) is 5.13 Å². The smallest absolute Gasteiger partial charge is 0.261 e. The van der Waals surface area contributed by atoms with Gasteiger partial charge in [0.1, 0.15) is 5.82 Å². The molecule has 1 aromatic carbocycles.